The summed E-state index contributed by atoms with van der Waals surface area (Å²) in [6, 6.07) is 7.62. The molecule has 19 heavy (non-hydrogen) atoms. The van der Waals surface area contributed by atoms with Crippen LogP contribution in [-0.4, -0.2) is 24.1 Å². The second kappa shape index (κ2) is 4.76. The first-order valence-corrected chi connectivity index (χ1v) is 6.67. The highest BCUT2D eigenvalue weighted by Crippen LogP contribution is 2.37. The standard InChI is InChI=1S/C15H21BO3/c1-11(17)13-8-6-12(7-9-13)10-16-18-14(2,3)15(4,5)19-16/h6-9H,10H2,1-5H3. The van der Waals surface area contributed by atoms with Gasteiger partial charge in [-0.2, -0.15) is 0 Å². The highest BCUT2D eigenvalue weighted by Gasteiger charge is 2.50. The third-order valence-corrected chi connectivity index (χ3v) is 4.06. The summed E-state index contributed by atoms with van der Waals surface area (Å²) in [5, 5.41) is 0. The second-order valence-electron chi connectivity index (χ2n) is 6.14. The highest BCUT2D eigenvalue weighted by molar-refractivity contribution is 6.45. The summed E-state index contributed by atoms with van der Waals surface area (Å²) in [5.74, 6) is 0.0854. The average Bonchev–Trinajstić information content (AvgIpc) is 2.47. The van der Waals surface area contributed by atoms with Crippen molar-refractivity contribution in [1.82, 2.24) is 0 Å². The zero-order valence-electron chi connectivity index (χ0n) is 12.3. The fourth-order valence-corrected chi connectivity index (χ4v) is 2.12. The maximum absolute atomic E-state index is 11.2. The lowest BCUT2D eigenvalue weighted by atomic mass is 9.80. The molecule has 0 unspecified atom stereocenters. The van der Waals surface area contributed by atoms with Crippen molar-refractivity contribution in [1.29, 1.82) is 0 Å². The Hall–Kier alpha value is -1.13. The minimum Gasteiger partial charge on any atom is -0.403 e. The van der Waals surface area contributed by atoms with Gasteiger partial charge in [-0.1, -0.05) is 24.3 Å². The summed E-state index contributed by atoms with van der Waals surface area (Å²) in [7, 11) is -0.229. The molecule has 0 aliphatic carbocycles. The Balaban J connectivity index is 2.05. The van der Waals surface area contributed by atoms with Crippen molar-refractivity contribution in [2.75, 3.05) is 0 Å². The summed E-state index contributed by atoms with van der Waals surface area (Å²) in [6.45, 7) is 9.76. The average molecular weight is 260 g/mol. The van der Waals surface area contributed by atoms with Gasteiger partial charge in [-0.25, -0.2) is 0 Å². The summed E-state index contributed by atoms with van der Waals surface area (Å²) in [6.07, 6.45) is 0.699. The van der Waals surface area contributed by atoms with E-state index in [9.17, 15) is 4.79 Å². The molecule has 2 rings (SSSR count). The van der Waals surface area contributed by atoms with Crippen LogP contribution >= 0.6 is 0 Å². The lowest BCUT2D eigenvalue weighted by molar-refractivity contribution is 0.00578. The molecule has 0 bridgehead atoms. The normalized spacial score (nSPS) is 20.6. The largest absolute Gasteiger partial charge is 0.462 e. The number of Topliss-reactive ketones (excluding diaryl/α,β-unsaturated/α-hetero) is 1. The minimum atomic E-state index is -0.295. The van der Waals surface area contributed by atoms with E-state index >= 15 is 0 Å². The molecular weight excluding hydrogens is 239 g/mol. The molecule has 102 valence electrons. The number of benzene rings is 1. The van der Waals surface area contributed by atoms with Crippen molar-refractivity contribution >= 4 is 12.9 Å². The van der Waals surface area contributed by atoms with E-state index in [2.05, 4.69) is 0 Å². The molecule has 0 aromatic heterocycles. The molecule has 0 saturated carbocycles. The van der Waals surface area contributed by atoms with E-state index in [1.165, 1.54) is 0 Å². The first kappa shape index (κ1) is 14.3. The van der Waals surface area contributed by atoms with E-state index in [1.54, 1.807) is 6.92 Å². The van der Waals surface area contributed by atoms with Crippen molar-refractivity contribution in [3.8, 4) is 0 Å². The van der Waals surface area contributed by atoms with E-state index in [1.807, 2.05) is 52.0 Å². The minimum absolute atomic E-state index is 0.0854. The lowest BCUT2D eigenvalue weighted by Gasteiger charge is -2.32. The fraction of sp³-hybridized carbons (Fsp3) is 0.533. The number of rotatable bonds is 3. The third kappa shape index (κ3) is 2.90. The molecule has 1 saturated heterocycles. The van der Waals surface area contributed by atoms with Gasteiger partial charge in [-0.3, -0.25) is 4.79 Å². The maximum Gasteiger partial charge on any atom is 0.462 e. The van der Waals surface area contributed by atoms with Gasteiger partial charge >= 0.3 is 7.12 Å². The first-order valence-electron chi connectivity index (χ1n) is 6.67. The van der Waals surface area contributed by atoms with Crippen LogP contribution in [0.4, 0.5) is 0 Å². The topological polar surface area (TPSA) is 35.5 Å². The van der Waals surface area contributed by atoms with Crippen LogP contribution in [0, 0.1) is 0 Å². The Labute approximate surface area is 115 Å². The molecule has 1 aromatic rings. The zero-order valence-corrected chi connectivity index (χ0v) is 12.3. The third-order valence-electron chi connectivity index (χ3n) is 4.06. The van der Waals surface area contributed by atoms with Gasteiger partial charge in [-0.15, -0.1) is 0 Å². The van der Waals surface area contributed by atoms with Crippen molar-refractivity contribution in [2.24, 2.45) is 0 Å². The van der Waals surface area contributed by atoms with E-state index < -0.39 is 0 Å². The number of carbonyl (C=O) groups is 1. The molecule has 0 radical (unpaired) electrons. The summed E-state index contributed by atoms with van der Waals surface area (Å²) >= 11 is 0. The van der Waals surface area contributed by atoms with Crippen LogP contribution < -0.4 is 0 Å². The zero-order chi connectivity index (χ0) is 14.3. The highest BCUT2D eigenvalue weighted by atomic mass is 16.7. The van der Waals surface area contributed by atoms with E-state index in [-0.39, 0.29) is 24.1 Å². The fourth-order valence-electron chi connectivity index (χ4n) is 2.12. The lowest BCUT2D eigenvalue weighted by Crippen LogP contribution is -2.41. The molecular formula is C15H21BO3. The Morgan fingerprint density at radius 3 is 1.95 bits per heavy atom. The first-order chi connectivity index (χ1) is 8.71. The van der Waals surface area contributed by atoms with Crippen molar-refractivity contribution in [3.05, 3.63) is 35.4 Å². The molecule has 1 aromatic carbocycles. The Morgan fingerprint density at radius 2 is 1.53 bits per heavy atom. The van der Waals surface area contributed by atoms with Crippen molar-refractivity contribution in [3.63, 3.8) is 0 Å². The Morgan fingerprint density at radius 1 is 1.05 bits per heavy atom. The van der Waals surface area contributed by atoms with Gasteiger partial charge in [0.25, 0.3) is 0 Å². The van der Waals surface area contributed by atoms with Crippen LogP contribution in [0.2, 0.25) is 0 Å². The van der Waals surface area contributed by atoms with Crippen LogP contribution in [0.5, 0.6) is 0 Å². The number of hydrogen-bond donors (Lipinski definition) is 0. The molecule has 1 aliphatic heterocycles. The summed E-state index contributed by atoms with van der Waals surface area (Å²) in [4.78, 5) is 11.2. The van der Waals surface area contributed by atoms with E-state index in [4.69, 9.17) is 9.31 Å². The molecule has 1 fully saturated rings. The van der Waals surface area contributed by atoms with Gasteiger partial charge in [0.05, 0.1) is 11.2 Å². The predicted octanol–water partition coefficient (Wildman–Crippen LogP) is 3.06. The van der Waals surface area contributed by atoms with Crippen LogP contribution in [0.15, 0.2) is 24.3 Å². The van der Waals surface area contributed by atoms with Gasteiger partial charge in [0.1, 0.15) is 0 Å². The van der Waals surface area contributed by atoms with Crippen molar-refractivity contribution in [2.45, 2.75) is 52.1 Å². The van der Waals surface area contributed by atoms with Crippen LogP contribution in [-0.2, 0) is 15.6 Å². The smallest absolute Gasteiger partial charge is 0.403 e. The molecule has 1 heterocycles. The van der Waals surface area contributed by atoms with Gasteiger partial charge in [0.2, 0.25) is 0 Å². The van der Waals surface area contributed by atoms with Gasteiger partial charge in [-0.05, 0) is 40.2 Å². The van der Waals surface area contributed by atoms with Crippen molar-refractivity contribution < 1.29 is 14.1 Å². The van der Waals surface area contributed by atoms with Gasteiger partial charge in [0.15, 0.2) is 5.78 Å². The van der Waals surface area contributed by atoms with Gasteiger partial charge < -0.3 is 9.31 Å². The Bertz CT molecular complexity index is 461. The quantitative estimate of drug-likeness (QED) is 0.619. The molecule has 0 spiro atoms. The molecule has 0 atom stereocenters. The number of hydrogen-bond acceptors (Lipinski definition) is 3. The van der Waals surface area contributed by atoms with Gasteiger partial charge in [0, 0.05) is 11.9 Å². The molecule has 4 heteroatoms. The molecule has 1 aliphatic rings. The molecule has 0 amide bonds. The monoisotopic (exact) mass is 260 g/mol. The van der Waals surface area contributed by atoms with Crippen LogP contribution in [0.25, 0.3) is 0 Å². The second-order valence-corrected chi connectivity index (χ2v) is 6.14. The number of carbonyl (C=O) groups excluding carboxylic acids is 1. The van der Waals surface area contributed by atoms with Crippen LogP contribution in [0.3, 0.4) is 0 Å². The predicted molar refractivity (Wildman–Crippen MR) is 76.2 cm³/mol. The SMILES string of the molecule is CC(=O)c1ccc(CB2OC(C)(C)C(C)(C)O2)cc1. The maximum atomic E-state index is 11.2. The van der Waals surface area contributed by atoms with E-state index in [0.29, 0.717) is 6.32 Å². The Kier molecular flexibility index (Phi) is 3.58. The summed E-state index contributed by atoms with van der Waals surface area (Å²) in [5.41, 5.74) is 1.26. The van der Waals surface area contributed by atoms with Crippen LogP contribution in [0.1, 0.15) is 50.5 Å². The summed E-state index contributed by atoms with van der Waals surface area (Å²) < 4.78 is 11.9. The number of ketones is 1. The molecule has 0 N–H and O–H groups in total. The molecule has 3 nitrogen and oxygen atoms in total. The van der Waals surface area contributed by atoms with E-state index in [0.717, 1.165) is 11.1 Å².